The predicted molar refractivity (Wildman–Crippen MR) is 124 cm³/mol. The van der Waals surface area contributed by atoms with E-state index in [9.17, 15) is 17.6 Å². The molecule has 1 heterocycles. The number of benzene rings is 3. The van der Waals surface area contributed by atoms with Gasteiger partial charge in [0.05, 0.1) is 10.6 Å². The second kappa shape index (κ2) is 9.53. The summed E-state index contributed by atoms with van der Waals surface area (Å²) in [6.45, 7) is 0. The molecule has 0 spiro atoms. The van der Waals surface area contributed by atoms with Gasteiger partial charge in [-0.15, -0.1) is 10.2 Å². The molecule has 4 aromatic rings. The molecule has 3 N–H and O–H groups in total. The summed E-state index contributed by atoms with van der Waals surface area (Å²) < 4.78 is 37.9. The zero-order valence-electron chi connectivity index (χ0n) is 17.1. The van der Waals surface area contributed by atoms with E-state index >= 15 is 0 Å². The Morgan fingerprint density at radius 3 is 2.27 bits per heavy atom. The van der Waals surface area contributed by atoms with Crippen molar-refractivity contribution < 1.29 is 17.6 Å². The second-order valence-corrected chi connectivity index (χ2v) is 9.39. The first-order valence-corrected chi connectivity index (χ1v) is 12.2. The number of carbonyl (C=O) groups excluding carboxylic acids is 1. The average Bonchev–Trinajstić information content (AvgIpc) is 3.22. The maximum Gasteiger partial charge on any atom is 0.238 e. The largest absolute Gasteiger partial charge is 0.325 e. The zero-order chi connectivity index (χ0) is 23.4. The molecule has 0 fully saturated rings. The number of aromatic nitrogens is 3. The van der Waals surface area contributed by atoms with Crippen LogP contribution in [0.1, 0.15) is 0 Å². The molecule has 168 valence electrons. The summed E-state index contributed by atoms with van der Waals surface area (Å²) in [5, 5.41) is 16.8. The number of hydrogen-bond donors (Lipinski definition) is 2. The number of para-hydroxylation sites is 1. The van der Waals surface area contributed by atoms with Crippen LogP contribution in [0.15, 0.2) is 88.9 Å². The summed E-state index contributed by atoms with van der Waals surface area (Å²) in [5.41, 5.74) is 1.91. The van der Waals surface area contributed by atoms with Gasteiger partial charge in [0.15, 0.2) is 11.0 Å². The average molecular weight is 484 g/mol. The quantitative estimate of drug-likeness (QED) is 0.389. The van der Waals surface area contributed by atoms with E-state index in [0.717, 1.165) is 5.69 Å². The lowest BCUT2D eigenvalue weighted by atomic mass is 10.2. The number of hydrogen-bond acceptors (Lipinski definition) is 6. The highest BCUT2D eigenvalue weighted by Crippen LogP contribution is 2.28. The minimum Gasteiger partial charge on any atom is -0.325 e. The Balaban J connectivity index is 1.53. The molecule has 0 aliphatic carbocycles. The number of carbonyl (C=O) groups is 1. The van der Waals surface area contributed by atoms with Crippen LogP contribution < -0.4 is 10.5 Å². The lowest BCUT2D eigenvalue weighted by Crippen LogP contribution is -2.15. The fourth-order valence-electron chi connectivity index (χ4n) is 3.01. The first kappa shape index (κ1) is 22.6. The Hall–Kier alpha value is -3.54. The van der Waals surface area contributed by atoms with Crippen LogP contribution in [0.3, 0.4) is 0 Å². The Morgan fingerprint density at radius 2 is 1.64 bits per heavy atom. The summed E-state index contributed by atoms with van der Waals surface area (Å²) in [7, 11) is -3.80. The molecule has 3 aromatic carbocycles. The molecule has 0 atom stereocenters. The Labute approximate surface area is 193 Å². The number of amides is 1. The number of thioether (sulfide) groups is 1. The maximum absolute atomic E-state index is 13.4. The molecule has 4 rings (SSSR count). The highest BCUT2D eigenvalue weighted by molar-refractivity contribution is 7.99. The molecular weight excluding hydrogens is 465 g/mol. The number of nitrogens with zero attached hydrogens (tertiary/aromatic N) is 3. The van der Waals surface area contributed by atoms with Crippen LogP contribution in [0.5, 0.6) is 0 Å². The monoisotopic (exact) mass is 483 g/mol. The van der Waals surface area contributed by atoms with Crippen molar-refractivity contribution in [2.45, 2.75) is 10.1 Å². The van der Waals surface area contributed by atoms with Gasteiger partial charge < -0.3 is 5.32 Å². The van der Waals surface area contributed by atoms with Crippen LogP contribution in [0.25, 0.3) is 17.1 Å². The first-order valence-electron chi connectivity index (χ1n) is 9.63. The number of nitrogens with two attached hydrogens (primary N) is 1. The molecule has 11 heteroatoms. The molecule has 0 saturated carbocycles. The fraction of sp³-hybridized carbons (Fsp3) is 0.0455. The Morgan fingerprint density at radius 1 is 0.970 bits per heavy atom. The predicted octanol–water partition coefficient (Wildman–Crippen LogP) is 3.45. The third-order valence-corrected chi connectivity index (χ3v) is 6.41. The van der Waals surface area contributed by atoms with Gasteiger partial charge in [-0.3, -0.25) is 9.36 Å². The number of rotatable bonds is 7. The van der Waals surface area contributed by atoms with E-state index in [1.807, 2.05) is 30.3 Å². The van der Waals surface area contributed by atoms with Crippen LogP contribution >= 0.6 is 11.8 Å². The fourth-order valence-corrected chi connectivity index (χ4v) is 4.28. The van der Waals surface area contributed by atoms with Gasteiger partial charge >= 0.3 is 0 Å². The molecule has 8 nitrogen and oxygen atoms in total. The third-order valence-electron chi connectivity index (χ3n) is 4.55. The molecule has 0 aliphatic rings. The van der Waals surface area contributed by atoms with Crippen LogP contribution in [-0.2, 0) is 14.8 Å². The normalized spacial score (nSPS) is 11.3. The van der Waals surface area contributed by atoms with E-state index in [1.165, 1.54) is 48.2 Å². The van der Waals surface area contributed by atoms with Gasteiger partial charge in [-0.2, -0.15) is 0 Å². The van der Waals surface area contributed by atoms with E-state index in [1.54, 1.807) is 16.7 Å². The number of nitrogens with one attached hydrogen (secondary N) is 1. The molecule has 0 aliphatic heterocycles. The van der Waals surface area contributed by atoms with Gasteiger partial charge in [-0.25, -0.2) is 17.9 Å². The van der Waals surface area contributed by atoms with Crippen LogP contribution in [0.4, 0.5) is 10.1 Å². The summed E-state index contributed by atoms with van der Waals surface area (Å²) in [4.78, 5) is 12.4. The highest BCUT2D eigenvalue weighted by Gasteiger charge is 2.17. The van der Waals surface area contributed by atoms with Gasteiger partial charge in [0.1, 0.15) is 5.82 Å². The summed E-state index contributed by atoms with van der Waals surface area (Å²) >= 11 is 1.18. The van der Waals surface area contributed by atoms with E-state index < -0.39 is 10.0 Å². The van der Waals surface area contributed by atoms with Crippen LogP contribution in [0.2, 0.25) is 0 Å². The van der Waals surface area contributed by atoms with E-state index in [2.05, 4.69) is 15.5 Å². The minimum absolute atomic E-state index is 0.0331. The first-order chi connectivity index (χ1) is 15.8. The molecular formula is C22H18FN5O3S2. The number of halogens is 1. The number of anilines is 1. The van der Waals surface area contributed by atoms with Gasteiger partial charge in [0.25, 0.3) is 0 Å². The van der Waals surface area contributed by atoms with Crippen molar-refractivity contribution in [2.75, 3.05) is 11.1 Å². The van der Waals surface area contributed by atoms with Crippen LogP contribution in [-0.4, -0.2) is 34.8 Å². The SMILES string of the molecule is NS(=O)(=O)c1ccc(NC(=O)CSc2nnc(-c3ccc(F)cc3)n2-c2ccccc2)cc1. The van der Waals surface area contributed by atoms with Crippen molar-refractivity contribution in [3.63, 3.8) is 0 Å². The van der Waals surface area contributed by atoms with Gasteiger partial charge in [-0.05, 0) is 60.7 Å². The van der Waals surface area contributed by atoms with Crippen molar-refractivity contribution in [2.24, 2.45) is 5.14 Å². The molecule has 0 bridgehead atoms. The standard InChI is InChI=1S/C22H18FN5O3S2/c23-16-8-6-15(7-9-16)21-26-27-22(28(21)18-4-2-1-3-5-18)32-14-20(29)25-17-10-12-19(13-11-17)33(24,30)31/h1-13H,14H2,(H,25,29)(H2,24,30,31). The molecule has 0 radical (unpaired) electrons. The molecule has 33 heavy (non-hydrogen) atoms. The molecule has 1 aromatic heterocycles. The van der Waals surface area contributed by atoms with Crippen molar-refractivity contribution in [1.82, 2.24) is 14.8 Å². The van der Waals surface area contributed by atoms with Crippen molar-refractivity contribution >= 4 is 33.4 Å². The van der Waals surface area contributed by atoms with E-state index in [-0.39, 0.29) is 22.4 Å². The summed E-state index contributed by atoms with van der Waals surface area (Å²) in [6.07, 6.45) is 0. The molecule has 1 amide bonds. The number of primary sulfonamides is 1. The number of sulfonamides is 1. The second-order valence-electron chi connectivity index (χ2n) is 6.89. The topological polar surface area (TPSA) is 120 Å². The lowest BCUT2D eigenvalue weighted by molar-refractivity contribution is -0.113. The van der Waals surface area contributed by atoms with Crippen molar-refractivity contribution in [3.8, 4) is 17.1 Å². The van der Waals surface area contributed by atoms with Gasteiger partial charge in [0, 0.05) is 16.9 Å². The lowest BCUT2D eigenvalue weighted by Gasteiger charge is -2.10. The van der Waals surface area contributed by atoms with E-state index in [0.29, 0.717) is 22.2 Å². The van der Waals surface area contributed by atoms with Crippen LogP contribution in [0, 0.1) is 5.82 Å². The Kier molecular flexibility index (Phi) is 6.54. The zero-order valence-corrected chi connectivity index (χ0v) is 18.7. The molecule has 0 unspecified atom stereocenters. The smallest absolute Gasteiger partial charge is 0.238 e. The Bertz CT molecular complexity index is 1370. The maximum atomic E-state index is 13.4. The minimum atomic E-state index is -3.80. The van der Waals surface area contributed by atoms with Gasteiger partial charge in [-0.1, -0.05) is 30.0 Å². The van der Waals surface area contributed by atoms with Crippen molar-refractivity contribution in [1.29, 1.82) is 0 Å². The third kappa shape index (κ3) is 5.45. The summed E-state index contributed by atoms with van der Waals surface area (Å²) in [6, 6.07) is 20.9. The van der Waals surface area contributed by atoms with Crippen molar-refractivity contribution in [3.05, 3.63) is 84.7 Å². The highest BCUT2D eigenvalue weighted by atomic mass is 32.2. The summed E-state index contributed by atoms with van der Waals surface area (Å²) in [5.74, 6) is -0.115. The van der Waals surface area contributed by atoms with Gasteiger partial charge in [0.2, 0.25) is 15.9 Å². The van der Waals surface area contributed by atoms with E-state index in [4.69, 9.17) is 5.14 Å². The molecule has 0 saturated heterocycles.